The van der Waals surface area contributed by atoms with Gasteiger partial charge in [-0.2, -0.15) is 0 Å². The van der Waals surface area contributed by atoms with Crippen LogP contribution in [0, 0.1) is 0 Å². The number of para-hydroxylation sites is 2. The minimum Gasteiger partial charge on any atom is -0.310 e. The van der Waals surface area contributed by atoms with Crippen molar-refractivity contribution in [3.8, 4) is 33.4 Å². The number of fused-ring (bicyclic) bond motifs is 3. The quantitative estimate of drug-likeness (QED) is 0.145. The number of rotatable bonds is 9. The summed E-state index contributed by atoms with van der Waals surface area (Å²) < 4.78 is 2.64. The first-order valence-electron chi connectivity index (χ1n) is 19.3. The molecule has 1 aromatic heterocycles. The molecular weight excluding hydrogens is 709 g/mol. The van der Waals surface area contributed by atoms with Crippen LogP contribution in [-0.4, -0.2) is 0 Å². The van der Waals surface area contributed by atoms with Gasteiger partial charge < -0.3 is 9.80 Å². The molecule has 9 aromatic carbocycles. The highest BCUT2D eigenvalue weighted by molar-refractivity contribution is 7.26. The van der Waals surface area contributed by atoms with Crippen molar-refractivity contribution in [2.75, 3.05) is 9.80 Å². The SMILES string of the molecule is c1ccc(-c2ccc(-c3ccc(N(c4ccc(-c5cccc6c5sc5ccccc56)cc4)c4cccc(N(c5ccccc5)c5ccccc5)c4)cc3)cc2)cc1. The van der Waals surface area contributed by atoms with Gasteiger partial charge in [-0.1, -0.05) is 158 Å². The predicted octanol–water partition coefficient (Wildman–Crippen LogP) is 16.0. The number of hydrogen-bond donors (Lipinski definition) is 0. The Kier molecular flexibility index (Phi) is 9.11. The molecule has 0 spiro atoms. The molecule has 10 rings (SSSR count). The van der Waals surface area contributed by atoms with Gasteiger partial charge in [-0.05, 0) is 106 Å². The standard InChI is InChI=1S/C54H38N2S/c1-4-14-39(15-5-1)40-26-28-41(29-27-40)42-30-34-46(35-31-42)56(49-21-12-20-48(38-49)55(44-16-6-2-7-17-44)45-18-8-3-9-19-45)47-36-32-43(33-37-47)50-23-13-24-52-51-22-10-11-25-53(51)57-54(50)52/h1-38H. The van der Waals surface area contributed by atoms with Crippen LogP contribution < -0.4 is 9.80 Å². The molecule has 0 atom stereocenters. The largest absolute Gasteiger partial charge is 0.310 e. The lowest BCUT2D eigenvalue weighted by Crippen LogP contribution is -2.13. The summed E-state index contributed by atoms with van der Waals surface area (Å²) in [5, 5.41) is 2.63. The zero-order chi connectivity index (χ0) is 38.0. The minimum absolute atomic E-state index is 1.07. The molecule has 0 aliphatic rings. The second kappa shape index (κ2) is 15.1. The maximum atomic E-state index is 2.36. The van der Waals surface area contributed by atoms with Crippen LogP contribution in [0.4, 0.5) is 34.1 Å². The molecule has 0 unspecified atom stereocenters. The number of anilines is 6. The fourth-order valence-corrected chi connectivity index (χ4v) is 9.11. The molecule has 0 radical (unpaired) electrons. The Morgan fingerprint density at radius 3 is 1.21 bits per heavy atom. The average molecular weight is 747 g/mol. The summed E-state index contributed by atoms with van der Waals surface area (Å²) >= 11 is 1.87. The van der Waals surface area contributed by atoms with E-state index in [2.05, 4.69) is 240 Å². The third-order valence-corrected chi connectivity index (χ3v) is 11.9. The van der Waals surface area contributed by atoms with E-state index in [9.17, 15) is 0 Å². The van der Waals surface area contributed by atoms with Gasteiger partial charge in [-0.3, -0.25) is 0 Å². The number of nitrogens with zero attached hydrogens (tertiary/aromatic N) is 2. The lowest BCUT2D eigenvalue weighted by atomic mass is 10.00. The van der Waals surface area contributed by atoms with E-state index in [1.165, 1.54) is 53.6 Å². The topological polar surface area (TPSA) is 6.48 Å². The first-order valence-corrected chi connectivity index (χ1v) is 20.2. The van der Waals surface area contributed by atoms with Gasteiger partial charge >= 0.3 is 0 Å². The van der Waals surface area contributed by atoms with E-state index in [4.69, 9.17) is 0 Å². The number of benzene rings is 9. The van der Waals surface area contributed by atoms with Gasteiger partial charge in [0.1, 0.15) is 0 Å². The molecule has 1 heterocycles. The first-order chi connectivity index (χ1) is 28.3. The van der Waals surface area contributed by atoms with E-state index in [1.807, 2.05) is 11.3 Å². The van der Waals surface area contributed by atoms with E-state index in [0.29, 0.717) is 0 Å². The molecule has 0 aliphatic carbocycles. The van der Waals surface area contributed by atoms with Crippen LogP contribution in [0.15, 0.2) is 231 Å². The first kappa shape index (κ1) is 34.3. The van der Waals surface area contributed by atoms with Crippen molar-refractivity contribution in [1.29, 1.82) is 0 Å². The van der Waals surface area contributed by atoms with E-state index in [0.717, 1.165) is 34.1 Å². The molecule has 0 N–H and O–H groups in total. The van der Waals surface area contributed by atoms with Gasteiger partial charge in [0.25, 0.3) is 0 Å². The molecule has 0 fully saturated rings. The maximum Gasteiger partial charge on any atom is 0.0482 e. The molecule has 0 saturated heterocycles. The summed E-state index contributed by atoms with van der Waals surface area (Å²) in [4.78, 5) is 4.68. The van der Waals surface area contributed by atoms with Crippen molar-refractivity contribution in [2.45, 2.75) is 0 Å². The summed E-state index contributed by atoms with van der Waals surface area (Å²) in [5.74, 6) is 0. The van der Waals surface area contributed by atoms with Crippen LogP contribution in [-0.2, 0) is 0 Å². The van der Waals surface area contributed by atoms with Crippen LogP contribution in [0.2, 0.25) is 0 Å². The highest BCUT2D eigenvalue weighted by Crippen LogP contribution is 2.43. The fourth-order valence-electron chi connectivity index (χ4n) is 7.87. The molecule has 270 valence electrons. The highest BCUT2D eigenvalue weighted by Gasteiger charge is 2.18. The van der Waals surface area contributed by atoms with E-state index in [-0.39, 0.29) is 0 Å². The predicted molar refractivity (Wildman–Crippen MR) is 245 cm³/mol. The highest BCUT2D eigenvalue weighted by atomic mass is 32.1. The van der Waals surface area contributed by atoms with Gasteiger partial charge in [0.2, 0.25) is 0 Å². The Morgan fingerprint density at radius 1 is 0.263 bits per heavy atom. The molecule has 0 saturated carbocycles. The van der Waals surface area contributed by atoms with Crippen molar-refractivity contribution in [1.82, 2.24) is 0 Å². The second-order valence-corrected chi connectivity index (χ2v) is 15.2. The van der Waals surface area contributed by atoms with Crippen LogP contribution >= 0.6 is 11.3 Å². The van der Waals surface area contributed by atoms with Gasteiger partial charge in [-0.25, -0.2) is 0 Å². The third-order valence-electron chi connectivity index (χ3n) is 10.7. The van der Waals surface area contributed by atoms with Crippen LogP contribution in [0.1, 0.15) is 0 Å². The monoisotopic (exact) mass is 746 g/mol. The van der Waals surface area contributed by atoms with Gasteiger partial charge in [0.15, 0.2) is 0 Å². The average Bonchev–Trinajstić information content (AvgIpc) is 3.68. The summed E-state index contributed by atoms with van der Waals surface area (Å²) in [7, 11) is 0. The smallest absolute Gasteiger partial charge is 0.0482 e. The zero-order valence-electron chi connectivity index (χ0n) is 31.2. The van der Waals surface area contributed by atoms with Crippen molar-refractivity contribution in [3.05, 3.63) is 231 Å². The van der Waals surface area contributed by atoms with Crippen molar-refractivity contribution in [3.63, 3.8) is 0 Å². The van der Waals surface area contributed by atoms with Gasteiger partial charge in [0.05, 0.1) is 0 Å². The van der Waals surface area contributed by atoms with Gasteiger partial charge in [-0.15, -0.1) is 11.3 Å². The van der Waals surface area contributed by atoms with Crippen LogP contribution in [0.3, 0.4) is 0 Å². The summed E-state index contributed by atoms with van der Waals surface area (Å²) in [6, 6.07) is 82.9. The number of hydrogen-bond acceptors (Lipinski definition) is 3. The van der Waals surface area contributed by atoms with Gasteiger partial charge in [0, 0.05) is 54.3 Å². The molecule has 2 nitrogen and oxygen atoms in total. The summed E-state index contributed by atoms with van der Waals surface area (Å²) in [6.07, 6.45) is 0. The second-order valence-electron chi connectivity index (χ2n) is 14.2. The fraction of sp³-hybridized carbons (Fsp3) is 0. The Morgan fingerprint density at radius 2 is 0.649 bits per heavy atom. The minimum atomic E-state index is 1.07. The molecule has 57 heavy (non-hydrogen) atoms. The molecule has 10 aromatic rings. The van der Waals surface area contributed by atoms with Crippen molar-refractivity contribution < 1.29 is 0 Å². The van der Waals surface area contributed by atoms with Crippen LogP contribution in [0.25, 0.3) is 53.6 Å². The van der Waals surface area contributed by atoms with Crippen molar-refractivity contribution in [2.24, 2.45) is 0 Å². The Labute approximate surface area is 337 Å². The van der Waals surface area contributed by atoms with Crippen LogP contribution in [0.5, 0.6) is 0 Å². The normalized spacial score (nSPS) is 11.2. The zero-order valence-corrected chi connectivity index (χ0v) is 32.1. The lowest BCUT2D eigenvalue weighted by molar-refractivity contribution is 1.25. The lowest BCUT2D eigenvalue weighted by Gasteiger charge is -2.29. The Balaban J connectivity index is 1.05. The molecule has 3 heteroatoms. The van der Waals surface area contributed by atoms with E-state index >= 15 is 0 Å². The molecule has 0 aliphatic heterocycles. The summed E-state index contributed by atoms with van der Waals surface area (Å²) in [6.45, 7) is 0. The van der Waals surface area contributed by atoms with Crippen molar-refractivity contribution >= 4 is 65.6 Å². The molecular formula is C54H38N2S. The van der Waals surface area contributed by atoms with E-state index in [1.54, 1.807) is 0 Å². The summed E-state index contributed by atoms with van der Waals surface area (Å²) in [5.41, 5.74) is 13.8. The van der Waals surface area contributed by atoms with E-state index < -0.39 is 0 Å². The number of thiophene rings is 1. The molecule has 0 bridgehead atoms. The molecule has 0 amide bonds. The Hall–Kier alpha value is -7.20. The maximum absolute atomic E-state index is 2.36. The third kappa shape index (κ3) is 6.75. The Bertz CT molecular complexity index is 2880.